The Labute approximate surface area is 201 Å². The van der Waals surface area contributed by atoms with Crippen LogP contribution in [-0.2, 0) is 0 Å². The van der Waals surface area contributed by atoms with Gasteiger partial charge in [0, 0.05) is 35.9 Å². The van der Waals surface area contributed by atoms with Gasteiger partial charge in [-0.3, -0.25) is 9.98 Å². The van der Waals surface area contributed by atoms with Crippen LogP contribution in [0.4, 0.5) is 11.4 Å². The van der Waals surface area contributed by atoms with E-state index in [1.165, 1.54) is 0 Å². The highest BCUT2D eigenvalue weighted by atomic mass is 16.3. The molecule has 2 atom stereocenters. The Morgan fingerprint density at radius 2 is 1.62 bits per heavy atom. The van der Waals surface area contributed by atoms with E-state index in [1.807, 2.05) is 70.2 Å². The van der Waals surface area contributed by atoms with E-state index in [9.17, 15) is 10.2 Å². The molecule has 0 aromatic heterocycles. The molecule has 0 saturated heterocycles. The van der Waals surface area contributed by atoms with Crippen LogP contribution in [0.2, 0.25) is 0 Å². The Kier molecular flexibility index (Phi) is 6.95. The Morgan fingerprint density at radius 3 is 2.32 bits per heavy atom. The molecule has 4 rings (SSSR count). The van der Waals surface area contributed by atoms with Crippen molar-refractivity contribution in [3.05, 3.63) is 87.7 Å². The van der Waals surface area contributed by atoms with Crippen LogP contribution in [-0.4, -0.2) is 28.7 Å². The fourth-order valence-corrected chi connectivity index (χ4v) is 4.76. The fourth-order valence-electron chi connectivity index (χ4n) is 4.76. The molecule has 0 amide bonds. The maximum absolute atomic E-state index is 10.6. The summed E-state index contributed by atoms with van der Waals surface area (Å²) in [6.45, 7) is 8.10. The number of allylic oxidation sites excluding steroid dienone is 5. The average Bonchev–Trinajstić information content (AvgIpc) is 2.79. The summed E-state index contributed by atoms with van der Waals surface area (Å²) in [6.07, 6.45) is 8.14. The van der Waals surface area contributed by atoms with E-state index >= 15 is 0 Å². The van der Waals surface area contributed by atoms with E-state index in [4.69, 9.17) is 4.99 Å². The molecule has 34 heavy (non-hydrogen) atoms. The van der Waals surface area contributed by atoms with Gasteiger partial charge in [0.15, 0.2) is 0 Å². The predicted octanol–water partition coefficient (Wildman–Crippen LogP) is 6.83. The van der Waals surface area contributed by atoms with Gasteiger partial charge in [0.2, 0.25) is 0 Å². The van der Waals surface area contributed by atoms with Gasteiger partial charge >= 0.3 is 0 Å². The van der Waals surface area contributed by atoms with Crippen molar-refractivity contribution in [1.29, 1.82) is 0 Å². The average molecular weight is 451 g/mol. The van der Waals surface area contributed by atoms with Crippen molar-refractivity contribution in [3.8, 4) is 11.8 Å². The molecule has 2 aliphatic rings. The monoisotopic (exact) mass is 450 g/mol. The second-order valence-corrected chi connectivity index (χ2v) is 8.88. The lowest BCUT2D eigenvalue weighted by atomic mass is 9.82. The van der Waals surface area contributed by atoms with E-state index in [-0.39, 0.29) is 5.92 Å². The van der Waals surface area contributed by atoms with E-state index in [0.717, 1.165) is 56.8 Å². The molecule has 0 radical (unpaired) electrons. The number of hydrogen-bond donors (Lipinski definition) is 2. The summed E-state index contributed by atoms with van der Waals surface area (Å²) in [5.41, 5.74) is 8.64. The SMILES string of the molecule is CC1=CCCC(O)=C1c1c(C)cccc1N=CC=Nc1cccc(C)c1C1C(C)=CC#CC1O. The minimum absolute atomic E-state index is 0.203. The quantitative estimate of drug-likeness (QED) is 0.387. The van der Waals surface area contributed by atoms with Crippen LogP contribution in [0.1, 0.15) is 54.9 Å². The van der Waals surface area contributed by atoms with Crippen molar-refractivity contribution in [2.75, 3.05) is 0 Å². The van der Waals surface area contributed by atoms with Gasteiger partial charge in [-0.2, -0.15) is 0 Å². The van der Waals surface area contributed by atoms with Crippen molar-refractivity contribution in [2.24, 2.45) is 9.98 Å². The number of rotatable bonds is 5. The first kappa shape index (κ1) is 23.5. The molecule has 0 aliphatic heterocycles. The third-order valence-electron chi connectivity index (χ3n) is 6.46. The molecule has 4 nitrogen and oxygen atoms in total. The molecule has 0 saturated carbocycles. The predicted molar refractivity (Wildman–Crippen MR) is 141 cm³/mol. The number of aliphatic imine (C=N–C) groups is 2. The van der Waals surface area contributed by atoms with Crippen LogP contribution < -0.4 is 0 Å². The molecule has 0 bridgehead atoms. The topological polar surface area (TPSA) is 65.2 Å². The van der Waals surface area contributed by atoms with Gasteiger partial charge in [0.1, 0.15) is 11.9 Å². The highest BCUT2D eigenvalue weighted by molar-refractivity contribution is 6.17. The molecule has 0 spiro atoms. The molecular formula is C30H30N2O2. The van der Waals surface area contributed by atoms with Crippen LogP contribution in [0.5, 0.6) is 0 Å². The molecule has 2 unspecified atom stereocenters. The highest BCUT2D eigenvalue weighted by Crippen LogP contribution is 2.39. The summed E-state index contributed by atoms with van der Waals surface area (Å²) >= 11 is 0. The van der Waals surface area contributed by atoms with Gasteiger partial charge in [-0.05, 0) is 74.6 Å². The van der Waals surface area contributed by atoms with Crippen LogP contribution >= 0.6 is 0 Å². The lowest BCUT2D eigenvalue weighted by Crippen LogP contribution is -2.20. The van der Waals surface area contributed by atoms with Gasteiger partial charge in [-0.25, -0.2) is 0 Å². The summed E-state index contributed by atoms with van der Waals surface area (Å²) in [5, 5.41) is 21.2. The number of hydrogen-bond acceptors (Lipinski definition) is 4. The maximum Gasteiger partial charge on any atom is 0.125 e. The van der Waals surface area contributed by atoms with Crippen LogP contribution in [0.3, 0.4) is 0 Å². The molecule has 0 heterocycles. The number of aliphatic hydroxyl groups is 2. The molecule has 2 aromatic rings. The Balaban J connectivity index is 1.67. The van der Waals surface area contributed by atoms with Crippen LogP contribution in [0.25, 0.3) is 5.57 Å². The second kappa shape index (κ2) is 10.1. The summed E-state index contributed by atoms with van der Waals surface area (Å²) in [6, 6.07) is 11.9. The van der Waals surface area contributed by atoms with Gasteiger partial charge < -0.3 is 10.2 Å². The summed E-state index contributed by atoms with van der Waals surface area (Å²) < 4.78 is 0. The van der Waals surface area contributed by atoms with Crippen molar-refractivity contribution in [3.63, 3.8) is 0 Å². The van der Waals surface area contributed by atoms with Gasteiger partial charge in [0.25, 0.3) is 0 Å². The van der Waals surface area contributed by atoms with Crippen LogP contribution in [0, 0.1) is 25.7 Å². The Hall–Kier alpha value is -3.68. The number of aryl methyl sites for hydroxylation is 2. The molecule has 172 valence electrons. The van der Waals surface area contributed by atoms with E-state index in [2.05, 4.69) is 22.9 Å². The first-order valence-electron chi connectivity index (χ1n) is 11.6. The molecule has 2 N–H and O–H groups in total. The van der Waals surface area contributed by atoms with E-state index in [1.54, 1.807) is 12.4 Å². The van der Waals surface area contributed by atoms with Crippen molar-refractivity contribution in [2.45, 2.75) is 52.6 Å². The van der Waals surface area contributed by atoms with E-state index < -0.39 is 6.10 Å². The third-order valence-corrected chi connectivity index (χ3v) is 6.46. The number of benzene rings is 2. The van der Waals surface area contributed by atoms with Crippen molar-refractivity contribution >= 4 is 29.4 Å². The van der Waals surface area contributed by atoms with Crippen molar-refractivity contribution in [1.82, 2.24) is 0 Å². The molecule has 2 aliphatic carbocycles. The number of aliphatic hydroxyl groups excluding tert-OH is 2. The Morgan fingerprint density at radius 1 is 0.941 bits per heavy atom. The zero-order chi connectivity index (χ0) is 24.2. The highest BCUT2D eigenvalue weighted by Gasteiger charge is 2.27. The lowest BCUT2D eigenvalue weighted by molar-refractivity contribution is 0.211. The zero-order valence-corrected chi connectivity index (χ0v) is 20.1. The molecular weight excluding hydrogens is 420 g/mol. The number of nitrogens with zero attached hydrogens (tertiary/aromatic N) is 2. The minimum atomic E-state index is -0.753. The van der Waals surface area contributed by atoms with Crippen molar-refractivity contribution < 1.29 is 10.2 Å². The van der Waals surface area contributed by atoms with Gasteiger partial charge in [0.05, 0.1) is 11.4 Å². The minimum Gasteiger partial charge on any atom is -0.512 e. The summed E-state index contributed by atoms with van der Waals surface area (Å²) in [5.74, 6) is 5.98. The lowest BCUT2D eigenvalue weighted by Gasteiger charge is -2.25. The first-order valence-corrected chi connectivity index (χ1v) is 11.6. The maximum atomic E-state index is 10.6. The molecule has 0 fully saturated rings. The summed E-state index contributed by atoms with van der Waals surface area (Å²) in [4.78, 5) is 9.38. The second-order valence-electron chi connectivity index (χ2n) is 8.88. The smallest absolute Gasteiger partial charge is 0.125 e. The van der Waals surface area contributed by atoms with Gasteiger partial charge in [-0.15, -0.1) is 0 Å². The normalized spacial score (nSPS) is 20.4. The van der Waals surface area contributed by atoms with Crippen LogP contribution in [0.15, 0.2) is 75.4 Å². The third kappa shape index (κ3) is 4.66. The van der Waals surface area contributed by atoms with E-state index in [0.29, 0.717) is 12.2 Å². The fraction of sp³-hybridized carbons (Fsp3) is 0.267. The Bertz CT molecular complexity index is 1330. The largest absolute Gasteiger partial charge is 0.512 e. The molecule has 4 heteroatoms. The summed E-state index contributed by atoms with van der Waals surface area (Å²) in [7, 11) is 0. The first-order chi connectivity index (χ1) is 16.4. The standard InChI is InChI=1S/C30H30N2O2/c1-19-9-5-13-23(27(19)29-21(3)11-7-15-25(29)33)31-17-18-32-24-14-6-10-20(2)28(24)30-22(4)12-8-16-26(30)34/h5-6,9-14,17-18,26,30,33-34H,7,15H2,1-4H3. The van der Waals surface area contributed by atoms with Gasteiger partial charge in [-0.1, -0.05) is 47.8 Å². The zero-order valence-electron chi connectivity index (χ0n) is 20.1. The molecule has 2 aromatic carbocycles.